The predicted molar refractivity (Wildman–Crippen MR) is 95.6 cm³/mol. The van der Waals surface area contributed by atoms with Crippen molar-refractivity contribution in [1.82, 2.24) is 19.5 Å². The molecule has 3 N–H and O–H groups in total. The molecule has 24 heavy (non-hydrogen) atoms. The van der Waals surface area contributed by atoms with Crippen LogP contribution >= 0.6 is 12.4 Å². The number of hydrogen-bond acceptors (Lipinski definition) is 5. The molecule has 0 bridgehead atoms. The Kier molecular flexibility index (Phi) is 5.85. The monoisotopic (exact) mass is 373 g/mol. The Hall–Kier alpha value is -1.22. The molecule has 9 heteroatoms. The highest BCUT2D eigenvalue weighted by molar-refractivity contribution is 7.89. The second-order valence-electron chi connectivity index (χ2n) is 6.26. The highest BCUT2D eigenvalue weighted by atomic mass is 35.5. The van der Waals surface area contributed by atoms with Gasteiger partial charge in [0, 0.05) is 31.2 Å². The summed E-state index contributed by atoms with van der Waals surface area (Å²) in [6.45, 7) is 2.15. The van der Waals surface area contributed by atoms with Gasteiger partial charge >= 0.3 is 0 Å². The standard InChI is InChI=1S/C15H23N5O2S.ClH/c1-10-13-7-12(9-17-15(13)20(2)18-10)23(21,22)19-14(8-16)11-5-3-4-6-11;/h7,9,11,14,19H,3-6,8,16H2,1-2H3;1H. The van der Waals surface area contributed by atoms with Gasteiger partial charge in [-0.25, -0.2) is 18.1 Å². The molecule has 7 nitrogen and oxygen atoms in total. The van der Waals surface area contributed by atoms with Crippen LogP contribution in [0.25, 0.3) is 11.0 Å². The molecule has 1 aliphatic carbocycles. The maximum Gasteiger partial charge on any atom is 0.242 e. The van der Waals surface area contributed by atoms with E-state index in [0.717, 1.165) is 36.8 Å². The fraction of sp³-hybridized carbons (Fsp3) is 0.600. The minimum Gasteiger partial charge on any atom is -0.329 e. The topological polar surface area (TPSA) is 103 Å². The van der Waals surface area contributed by atoms with Crippen LogP contribution in [0.15, 0.2) is 17.2 Å². The van der Waals surface area contributed by atoms with E-state index in [0.29, 0.717) is 18.1 Å². The van der Waals surface area contributed by atoms with Gasteiger partial charge in [0.2, 0.25) is 10.0 Å². The fourth-order valence-electron chi connectivity index (χ4n) is 3.40. The molecule has 1 saturated carbocycles. The van der Waals surface area contributed by atoms with Crippen molar-refractivity contribution in [3.63, 3.8) is 0 Å². The molecule has 134 valence electrons. The van der Waals surface area contributed by atoms with E-state index in [1.165, 1.54) is 6.20 Å². The van der Waals surface area contributed by atoms with Crippen LogP contribution in [0.3, 0.4) is 0 Å². The Labute approximate surface area is 148 Å². The lowest BCUT2D eigenvalue weighted by Crippen LogP contribution is -2.44. The largest absolute Gasteiger partial charge is 0.329 e. The first-order valence-corrected chi connectivity index (χ1v) is 9.42. The zero-order chi connectivity index (χ0) is 16.6. The van der Waals surface area contributed by atoms with E-state index >= 15 is 0 Å². The molecular weight excluding hydrogens is 350 g/mol. The van der Waals surface area contributed by atoms with Crippen molar-refractivity contribution in [2.24, 2.45) is 18.7 Å². The Bertz CT molecular complexity index is 815. The molecule has 2 aromatic heterocycles. The molecule has 1 aliphatic rings. The molecule has 1 unspecified atom stereocenters. The summed E-state index contributed by atoms with van der Waals surface area (Å²) in [6, 6.07) is 1.42. The minimum absolute atomic E-state index is 0. The molecule has 1 fully saturated rings. The van der Waals surface area contributed by atoms with Crippen molar-refractivity contribution >= 4 is 33.5 Å². The summed E-state index contributed by atoms with van der Waals surface area (Å²) in [5.41, 5.74) is 7.24. The smallest absolute Gasteiger partial charge is 0.242 e. The first kappa shape index (κ1) is 19.1. The second-order valence-corrected chi connectivity index (χ2v) is 7.97. The van der Waals surface area contributed by atoms with Gasteiger partial charge in [-0.1, -0.05) is 12.8 Å². The zero-order valence-electron chi connectivity index (χ0n) is 13.9. The molecule has 0 spiro atoms. The van der Waals surface area contributed by atoms with Crippen LogP contribution in [0.1, 0.15) is 31.4 Å². The number of nitrogens with one attached hydrogen (secondary N) is 1. The van der Waals surface area contributed by atoms with Crippen molar-refractivity contribution < 1.29 is 8.42 Å². The predicted octanol–water partition coefficient (Wildman–Crippen LogP) is 1.49. The lowest BCUT2D eigenvalue weighted by Gasteiger charge is -2.22. The Morgan fingerprint density at radius 3 is 2.71 bits per heavy atom. The number of pyridine rings is 1. The van der Waals surface area contributed by atoms with Crippen LogP contribution in [0, 0.1) is 12.8 Å². The lowest BCUT2D eigenvalue weighted by molar-refractivity contribution is 0.405. The molecule has 0 radical (unpaired) electrons. The molecular formula is C15H24ClN5O2S. The highest BCUT2D eigenvalue weighted by Crippen LogP contribution is 2.28. The number of fused-ring (bicyclic) bond motifs is 1. The highest BCUT2D eigenvalue weighted by Gasteiger charge is 2.28. The molecule has 3 rings (SSSR count). The summed E-state index contributed by atoms with van der Waals surface area (Å²) in [4.78, 5) is 4.41. The van der Waals surface area contributed by atoms with Gasteiger partial charge in [-0.15, -0.1) is 12.4 Å². The van der Waals surface area contributed by atoms with Gasteiger partial charge < -0.3 is 5.73 Å². The van der Waals surface area contributed by atoms with Gasteiger partial charge in [-0.3, -0.25) is 4.68 Å². The Morgan fingerprint density at radius 2 is 2.08 bits per heavy atom. The number of sulfonamides is 1. The molecule has 0 amide bonds. The van der Waals surface area contributed by atoms with Crippen LogP contribution in [0.4, 0.5) is 0 Å². The Morgan fingerprint density at radius 1 is 1.42 bits per heavy atom. The van der Waals surface area contributed by atoms with E-state index in [4.69, 9.17) is 5.73 Å². The third-order valence-electron chi connectivity index (χ3n) is 4.68. The number of nitrogens with two attached hydrogens (primary N) is 1. The summed E-state index contributed by atoms with van der Waals surface area (Å²) in [5, 5.41) is 5.02. The van der Waals surface area contributed by atoms with Crippen LogP contribution in [-0.2, 0) is 17.1 Å². The Balaban J connectivity index is 0.00000208. The number of aryl methyl sites for hydroxylation is 2. The van der Waals surface area contributed by atoms with Crippen molar-refractivity contribution in [1.29, 1.82) is 0 Å². The summed E-state index contributed by atoms with van der Waals surface area (Å²) >= 11 is 0. The number of halogens is 1. The maximum absolute atomic E-state index is 12.7. The number of aromatic nitrogens is 3. The maximum atomic E-state index is 12.7. The molecule has 1 atom stereocenters. The first-order valence-electron chi connectivity index (χ1n) is 7.94. The SMILES string of the molecule is Cc1nn(C)c2ncc(S(=O)(=O)NC(CN)C3CCCC3)cc12.Cl. The van der Waals surface area contributed by atoms with Gasteiger partial charge in [0.25, 0.3) is 0 Å². The van der Waals surface area contributed by atoms with Crippen molar-refractivity contribution in [3.05, 3.63) is 18.0 Å². The van der Waals surface area contributed by atoms with Crippen molar-refractivity contribution in [2.75, 3.05) is 6.54 Å². The van der Waals surface area contributed by atoms with Crippen LogP contribution in [-0.4, -0.2) is 35.8 Å². The van der Waals surface area contributed by atoms with E-state index in [9.17, 15) is 8.42 Å². The summed E-state index contributed by atoms with van der Waals surface area (Å²) < 4.78 is 29.8. The summed E-state index contributed by atoms with van der Waals surface area (Å²) in [5.74, 6) is 0.326. The van der Waals surface area contributed by atoms with E-state index in [1.54, 1.807) is 17.8 Å². The molecule has 0 aliphatic heterocycles. The average Bonchev–Trinajstić information content (AvgIpc) is 3.14. The lowest BCUT2D eigenvalue weighted by atomic mass is 9.99. The van der Waals surface area contributed by atoms with Crippen LogP contribution < -0.4 is 10.5 Å². The minimum atomic E-state index is -3.64. The van der Waals surface area contributed by atoms with Crippen LogP contribution in [0.5, 0.6) is 0 Å². The van der Waals surface area contributed by atoms with Crippen molar-refractivity contribution in [2.45, 2.75) is 43.5 Å². The third-order valence-corrected chi connectivity index (χ3v) is 6.13. The molecule has 0 saturated heterocycles. The number of nitrogens with zero attached hydrogens (tertiary/aromatic N) is 3. The number of hydrogen-bond donors (Lipinski definition) is 2. The third kappa shape index (κ3) is 3.56. The first-order chi connectivity index (χ1) is 10.9. The average molecular weight is 374 g/mol. The summed E-state index contributed by atoms with van der Waals surface area (Å²) in [6.07, 6.45) is 5.73. The van der Waals surface area contributed by atoms with Gasteiger partial charge in [-0.2, -0.15) is 5.10 Å². The van der Waals surface area contributed by atoms with Gasteiger partial charge in [-0.05, 0) is 31.7 Å². The molecule has 0 aromatic carbocycles. The normalized spacial score (nSPS) is 17.1. The quantitative estimate of drug-likeness (QED) is 0.826. The van der Waals surface area contributed by atoms with E-state index in [1.807, 2.05) is 6.92 Å². The van der Waals surface area contributed by atoms with Crippen LogP contribution in [0.2, 0.25) is 0 Å². The van der Waals surface area contributed by atoms with E-state index in [2.05, 4.69) is 14.8 Å². The number of rotatable bonds is 5. The fourth-order valence-corrected chi connectivity index (χ4v) is 4.69. The van der Waals surface area contributed by atoms with Crippen molar-refractivity contribution in [3.8, 4) is 0 Å². The summed E-state index contributed by atoms with van der Waals surface area (Å²) in [7, 11) is -1.85. The van der Waals surface area contributed by atoms with E-state index in [-0.39, 0.29) is 23.3 Å². The van der Waals surface area contributed by atoms with E-state index < -0.39 is 10.0 Å². The zero-order valence-corrected chi connectivity index (χ0v) is 15.5. The molecule has 2 heterocycles. The van der Waals surface area contributed by atoms with Gasteiger partial charge in [0.05, 0.1) is 5.69 Å². The molecule has 2 aromatic rings. The van der Waals surface area contributed by atoms with Gasteiger partial charge in [0.15, 0.2) is 5.65 Å². The van der Waals surface area contributed by atoms with Gasteiger partial charge in [0.1, 0.15) is 4.90 Å². The second kappa shape index (κ2) is 7.35.